The van der Waals surface area contributed by atoms with E-state index in [2.05, 4.69) is 0 Å². The van der Waals surface area contributed by atoms with Crippen LogP contribution in [0.25, 0.3) is 0 Å². The van der Waals surface area contributed by atoms with Crippen LogP contribution in [0, 0.1) is 0 Å². The van der Waals surface area contributed by atoms with Crippen molar-refractivity contribution >= 4 is 11.9 Å². The average molecular weight is 238 g/mol. The highest BCUT2D eigenvalue weighted by atomic mass is 16.7. The van der Waals surface area contributed by atoms with E-state index in [1.54, 1.807) is 13.8 Å². The molecule has 1 rings (SSSR count). The van der Waals surface area contributed by atoms with Gasteiger partial charge < -0.3 is 14.6 Å². The van der Waals surface area contributed by atoms with E-state index in [1.165, 1.54) is 31.4 Å². The Morgan fingerprint density at radius 3 is 2.00 bits per heavy atom. The van der Waals surface area contributed by atoms with Crippen molar-refractivity contribution in [1.82, 2.24) is 0 Å². The molecule has 1 aromatic carbocycles. The van der Waals surface area contributed by atoms with Gasteiger partial charge in [0.2, 0.25) is 5.79 Å². The molecular formula is C12H14O5. The van der Waals surface area contributed by atoms with Crippen molar-refractivity contribution in [3.63, 3.8) is 0 Å². The van der Waals surface area contributed by atoms with Gasteiger partial charge in [-0.2, -0.15) is 0 Å². The zero-order chi connectivity index (χ0) is 13.1. The Hall–Kier alpha value is -1.88. The lowest BCUT2D eigenvalue weighted by Gasteiger charge is -2.22. The summed E-state index contributed by atoms with van der Waals surface area (Å²) in [5.41, 5.74) is 0.396. The molecule has 0 spiro atoms. The number of aromatic carboxylic acids is 1. The fraction of sp³-hybridized carbons (Fsp3) is 0.333. The molecule has 0 saturated heterocycles. The molecule has 0 aliphatic rings. The maximum absolute atomic E-state index is 11.7. The number of carbonyl (C=O) groups excluding carboxylic acids is 1. The predicted molar refractivity (Wildman–Crippen MR) is 59.9 cm³/mol. The summed E-state index contributed by atoms with van der Waals surface area (Å²) in [6.45, 7) is 3.22. The number of carboxylic acids is 1. The second-order valence-electron chi connectivity index (χ2n) is 3.88. The van der Waals surface area contributed by atoms with E-state index < -0.39 is 17.7 Å². The first-order valence-corrected chi connectivity index (χ1v) is 4.97. The first-order chi connectivity index (χ1) is 7.85. The Morgan fingerprint density at radius 2 is 1.59 bits per heavy atom. The van der Waals surface area contributed by atoms with Crippen molar-refractivity contribution in [2.75, 3.05) is 7.11 Å². The minimum Gasteiger partial charge on any atom is -0.478 e. The SMILES string of the molecule is COC(C)(C)OC(=O)c1ccc(C(=O)O)cc1. The van der Waals surface area contributed by atoms with E-state index in [0.717, 1.165) is 0 Å². The highest BCUT2D eigenvalue weighted by Gasteiger charge is 2.22. The Bertz CT molecular complexity index is 419. The predicted octanol–water partition coefficient (Wildman–Crippen LogP) is 1.92. The summed E-state index contributed by atoms with van der Waals surface area (Å²) in [7, 11) is 1.43. The van der Waals surface area contributed by atoms with Gasteiger partial charge in [-0.15, -0.1) is 0 Å². The van der Waals surface area contributed by atoms with Gasteiger partial charge in [0, 0.05) is 21.0 Å². The minimum absolute atomic E-state index is 0.118. The topological polar surface area (TPSA) is 72.8 Å². The van der Waals surface area contributed by atoms with Gasteiger partial charge in [0.1, 0.15) is 0 Å². The summed E-state index contributed by atoms with van der Waals surface area (Å²) >= 11 is 0. The second kappa shape index (κ2) is 4.97. The van der Waals surface area contributed by atoms with Gasteiger partial charge >= 0.3 is 11.9 Å². The summed E-state index contributed by atoms with van der Waals surface area (Å²) < 4.78 is 10.0. The van der Waals surface area contributed by atoms with Crippen LogP contribution < -0.4 is 0 Å². The molecule has 0 unspecified atom stereocenters. The Balaban J connectivity index is 2.80. The first-order valence-electron chi connectivity index (χ1n) is 4.97. The number of carbonyl (C=O) groups is 2. The quantitative estimate of drug-likeness (QED) is 0.640. The fourth-order valence-corrected chi connectivity index (χ4v) is 1.07. The van der Waals surface area contributed by atoms with Gasteiger partial charge in [-0.1, -0.05) is 0 Å². The number of esters is 1. The first kappa shape index (κ1) is 13.2. The van der Waals surface area contributed by atoms with E-state index in [4.69, 9.17) is 14.6 Å². The summed E-state index contributed by atoms with van der Waals surface area (Å²) in [5.74, 6) is -2.61. The molecule has 1 aromatic rings. The maximum Gasteiger partial charge on any atom is 0.340 e. The molecule has 0 bridgehead atoms. The normalized spacial score (nSPS) is 11.0. The molecule has 5 nitrogen and oxygen atoms in total. The molecule has 0 aliphatic carbocycles. The number of hydrogen-bond donors (Lipinski definition) is 1. The van der Waals surface area contributed by atoms with Crippen LogP contribution in [0.5, 0.6) is 0 Å². The van der Waals surface area contributed by atoms with Crippen molar-refractivity contribution in [3.05, 3.63) is 35.4 Å². The van der Waals surface area contributed by atoms with Crippen molar-refractivity contribution in [1.29, 1.82) is 0 Å². The van der Waals surface area contributed by atoms with E-state index in [1.807, 2.05) is 0 Å². The lowest BCUT2D eigenvalue weighted by molar-refractivity contribution is -0.160. The molecule has 1 N–H and O–H groups in total. The van der Waals surface area contributed by atoms with Crippen LogP contribution in [0.3, 0.4) is 0 Å². The summed E-state index contributed by atoms with van der Waals surface area (Å²) in [6.07, 6.45) is 0. The van der Waals surface area contributed by atoms with Crippen molar-refractivity contribution in [2.24, 2.45) is 0 Å². The number of rotatable bonds is 4. The number of ether oxygens (including phenoxy) is 2. The number of carboxylic acid groups (broad SMARTS) is 1. The zero-order valence-electron chi connectivity index (χ0n) is 9.89. The van der Waals surface area contributed by atoms with Crippen LogP contribution in [0.4, 0.5) is 0 Å². The van der Waals surface area contributed by atoms with Crippen LogP contribution in [0.1, 0.15) is 34.6 Å². The molecule has 0 saturated carbocycles. The van der Waals surface area contributed by atoms with Crippen molar-refractivity contribution in [3.8, 4) is 0 Å². The summed E-state index contributed by atoms with van der Waals surface area (Å²) in [5, 5.41) is 8.70. The maximum atomic E-state index is 11.7. The van der Waals surface area contributed by atoms with Gasteiger partial charge in [0.25, 0.3) is 0 Å². The molecule has 0 radical (unpaired) electrons. The zero-order valence-corrected chi connectivity index (χ0v) is 9.89. The number of benzene rings is 1. The highest BCUT2D eigenvalue weighted by molar-refractivity contribution is 5.92. The van der Waals surface area contributed by atoms with E-state index in [0.29, 0.717) is 0 Å². The third-order valence-corrected chi connectivity index (χ3v) is 2.20. The van der Waals surface area contributed by atoms with Crippen molar-refractivity contribution in [2.45, 2.75) is 19.6 Å². The van der Waals surface area contributed by atoms with Gasteiger partial charge in [-0.25, -0.2) is 9.59 Å². The van der Waals surface area contributed by atoms with E-state index in [9.17, 15) is 9.59 Å². The monoisotopic (exact) mass is 238 g/mol. The van der Waals surface area contributed by atoms with Crippen LogP contribution in [-0.2, 0) is 9.47 Å². The standard InChI is InChI=1S/C12H14O5/c1-12(2,16-3)17-11(15)9-6-4-8(5-7-9)10(13)14/h4-7H,1-3H3,(H,13,14). The molecule has 0 amide bonds. The average Bonchev–Trinajstić information content (AvgIpc) is 2.28. The van der Waals surface area contributed by atoms with Crippen LogP contribution in [0.15, 0.2) is 24.3 Å². The summed E-state index contributed by atoms with van der Waals surface area (Å²) in [4.78, 5) is 22.3. The van der Waals surface area contributed by atoms with Gasteiger partial charge in [0.05, 0.1) is 11.1 Å². The lowest BCUT2D eigenvalue weighted by atomic mass is 10.1. The molecule has 5 heteroatoms. The van der Waals surface area contributed by atoms with Gasteiger partial charge in [-0.05, 0) is 24.3 Å². The smallest absolute Gasteiger partial charge is 0.340 e. The molecule has 0 heterocycles. The largest absolute Gasteiger partial charge is 0.478 e. The lowest BCUT2D eigenvalue weighted by Crippen LogP contribution is -2.30. The Morgan fingerprint density at radius 1 is 1.12 bits per heavy atom. The molecule has 17 heavy (non-hydrogen) atoms. The second-order valence-corrected chi connectivity index (χ2v) is 3.88. The van der Waals surface area contributed by atoms with E-state index >= 15 is 0 Å². The van der Waals surface area contributed by atoms with Crippen molar-refractivity contribution < 1.29 is 24.2 Å². The number of hydrogen-bond acceptors (Lipinski definition) is 4. The molecule has 0 fully saturated rings. The van der Waals surface area contributed by atoms with Crippen LogP contribution in [-0.4, -0.2) is 29.9 Å². The third-order valence-electron chi connectivity index (χ3n) is 2.20. The molecule has 92 valence electrons. The van der Waals surface area contributed by atoms with Crippen LogP contribution in [0.2, 0.25) is 0 Å². The fourth-order valence-electron chi connectivity index (χ4n) is 1.07. The highest BCUT2D eigenvalue weighted by Crippen LogP contribution is 2.14. The Kier molecular flexibility index (Phi) is 3.85. The third kappa shape index (κ3) is 3.57. The molecule has 0 aromatic heterocycles. The van der Waals surface area contributed by atoms with Gasteiger partial charge in [0.15, 0.2) is 0 Å². The van der Waals surface area contributed by atoms with Gasteiger partial charge in [-0.3, -0.25) is 0 Å². The molecule has 0 aliphatic heterocycles. The van der Waals surface area contributed by atoms with E-state index in [-0.39, 0.29) is 11.1 Å². The van der Waals surface area contributed by atoms with Crippen LogP contribution >= 0.6 is 0 Å². The molecule has 0 atom stereocenters. The Labute approximate surface area is 99.0 Å². The molecular weight excluding hydrogens is 224 g/mol. The minimum atomic E-state index is -1.04. The summed E-state index contributed by atoms with van der Waals surface area (Å²) in [6, 6.07) is 5.49. The number of methoxy groups -OCH3 is 1.